The molecule has 0 unspecified atom stereocenters. The number of aromatic nitrogens is 1. The molecular formula is C37H41N5O4. The van der Waals surface area contributed by atoms with Crippen molar-refractivity contribution in [2.75, 3.05) is 38.0 Å². The summed E-state index contributed by atoms with van der Waals surface area (Å²) in [6, 6.07) is 25.1. The van der Waals surface area contributed by atoms with Gasteiger partial charge in [0.1, 0.15) is 0 Å². The molecule has 1 fully saturated rings. The number of hydrogen-bond donors (Lipinski definition) is 2. The first kappa shape index (κ1) is 31.1. The first-order valence-electron chi connectivity index (χ1n) is 15.9. The van der Waals surface area contributed by atoms with E-state index < -0.39 is 11.4 Å². The number of benzene rings is 3. The van der Waals surface area contributed by atoms with Crippen LogP contribution in [0.25, 0.3) is 16.5 Å². The predicted octanol–water partition coefficient (Wildman–Crippen LogP) is 6.24. The van der Waals surface area contributed by atoms with Crippen LogP contribution in [0, 0.1) is 0 Å². The number of esters is 1. The third-order valence-corrected chi connectivity index (χ3v) is 8.59. The molecule has 3 aromatic carbocycles. The second-order valence-corrected chi connectivity index (χ2v) is 13.0. The Bertz CT molecular complexity index is 1780. The molecule has 0 aliphatic carbocycles. The lowest BCUT2D eigenvalue weighted by Gasteiger charge is -2.34. The molecule has 0 bridgehead atoms. The van der Waals surface area contributed by atoms with Gasteiger partial charge >= 0.3 is 12.0 Å². The summed E-state index contributed by atoms with van der Waals surface area (Å²) in [5.41, 5.74) is 4.85. The standard InChI is InChI=1S/C37H41N5O4/c1-25(2)46-35(44)30-23-42(24-37(3,4)32-29-15-8-9-16-31(29)39-33(30)32)34(43)27-12-10-11-26(21-27)22-40-17-19-41(20-18-40)36(45)38-28-13-6-5-7-14-28/h5-16,21,23,25,39H,17-20,22,24H2,1-4H3,(H,38,45). The van der Waals surface area contributed by atoms with Gasteiger partial charge < -0.3 is 24.8 Å². The largest absolute Gasteiger partial charge is 0.459 e. The van der Waals surface area contributed by atoms with Gasteiger partial charge in [0.2, 0.25) is 0 Å². The van der Waals surface area contributed by atoms with Gasteiger partial charge in [0.05, 0.1) is 17.4 Å². The highest BCUT2D eigenvalue weighted by atomic mass is 16.5. The number of aromatic amines is 1. The van der Waals surface area contributed by atoms with Crippen molar-refractivity contribution in [2.45, 2.75) is 45.8 Å². The van der Waals surface area contributed by atoms with Crippen molar-refractivity contribution < 1.29 is 19.1 Å². The summed E-state index contributed by atoms with van der Waals surface area (Å²) in [7, 11) is 0. The second-order valence-electron chi connectivity index (χ2n) is 13.0. The van der Waals surface area contributed by atoms with Crippen LogP contribution in [-0.4, -0.2) is 76.4 Å². The number of anilines is 1. The summed E-state index contributed by atoms with van der Waals surface area (Å²) < 4.78 is 5.66. The van der Waals surface area contributed by atoms with Crippen molar-refractivity contribution in [3.8, 4) is 0 Å². The zero-order valence-electron chi connectivity index (χ0n) is 26.9. The molecule has 2 aliphatic rings. The van der Waals surface area contributed by atoms with Crippen molar-refractivity contribution in [2.24, 2.45) is 0 Å². The Kier molecular flexibility index (Phi) is 8.69. The average Bonchev–Trinajstić information content (AvgIpc) is 3.38. The van der Waals surface area contributed by atoms with E-state index in [9.17, 15) is 14.4 Å². The number of H-pyrrole nitrogens is 1. The Morgan fingerprint density at radius 2 is 1.63 bits per heavy atom. The van der Waals surface area contributed by atoms with E-state index in [0.717, 1.165) is 40.8 Å². The van der Waals surface area contributed by atoms with E-state index in [1.54, 1.807) is 11.1 Å². The number of urea groups is 1. The predicted molar refractivity (Wildman–Crippen MR) is 180 cm³/mol. The fourth-order valence-corrected chi connectivity index (χ4v) is 6.44. The molecule has 0 spiro atoms. The highest BCUT2D eigenvalue weighted by Crippen LogP contribution is 2.40. The number of carbonyl (C=O) groups excluding carboxylic acids is 3. The van der Waals surface area contributed by atoms with Crippen LogP contribution in [0.5, 0.6) is 0 Å². The van der Waals surface area contributed by atoms with E-state index in [-0.39, 0.29) is 18.0 Å². The van der Waals surface area contributed by atoms with E-state index in [1.807, 2.05) is 97.6 Å². The smallest absolute Gasteiger partial charge is 0.342 e. The van der Waals surface area contributed by atoms with E-state index >= 15 is 0 Å². The molecule has 3 amide bonds. The van der Waals surface area contributed by atoms with Gasteiger partial charge in [-0.3, -0.25) is 9.69 Å². The van der Waals surface area contributed by atoms with Gasteiger partial charge in [-0.2, -0.15) is 0 Å². The number of para-hydroxylation sites is 2. The molecule has 6 rings (SSSR count). The normalized spacial score (nSPS) is 16.5. The zero-order chi connectivity index (χ0) is 32.4. The van der Waals surface area contributed by atoms with Crippen LogP contribution in [0.15, 0.2) is 85.1 Å². The summed E-state index contributed by atoms with van der Waals surface area (Å²) in [4.78, 5) is 49.6. The van der Waals surface area contributed by atoms with E-state index in [1.165, 1.54) is 0 Å². The lowest BCUT2D eigenvalue weighted by Crippen LogP contribution is -2.49. The molecule has 2 aliphatic heterocycles. The molecule has 46 heavy (non-hydrogen) atoms. The number of nitrogens with one attached hydrogen (secondary N) is 2. The number of nitrogens with zero attached hydrogens (tertiary/aromatic N) is 3. The third kappa shape index (κ3) is 6.55. The SMILES string of the molecule is CC(C)OC(=O)C1=CN(C(=O)c2cccc(CN3CCN(C(=O)Nc4ccccc4)CC3)c2)CC(C)(C)c2c1[nH]c1ccccc21. The molecule has 0 saturated carbocycles. The Balaban J connectivity index is 1.19. The highest BCUT2D eigenvalue weighted by Gasteiger charge is 2.37. The summed E-state index contributed by atoms with van der Waals surface area (Å²) in [5, 5.41) is 3.99. The van der Waals surface area contributed by atoms with E-state index in [0.29, 0.717) is 43.0 Å². The van der Waals surface area contributed by atoms with Crippen molar-refractivity contribution in [1.29, 1.82) is 0 Å². The number of carbonyl (C=O) groups is 3. The fraction of sp³-hybridized carbons (Fsp3) is 0.324. The molecule has 3 heterocycles. The maximum Gasteiger partial charge on any atom is 0.342 e. The van der Waals surface area contributed by atoms with Crippen LogP contribution in [0.4, 0.5) is 10.5 Å². The monoisotopic (exact) mass is 619 g/mol. The number of piperazine rings is 1. The Labute approximate surface area is 269 Å². The van der Waals surface area contributed by atoms with Crippen LogP contribution in [0.3, 0.4) is 0 Å². The average molecular weight is 620 g/mol. The van der Waals surface area contributed by atoms with Crippen molar-refractivity contribution in [1.82, 2.24) is 19.7 Å². The topological polar surface area (TPSA) is 98.0 Å². The molecule has 2 N–H and O–H groups in total. The molecule has 0 atom stereocenters. The Morgan fingerprint density at radius 1 is 0.913 bits per heavy atom. The zero-order valence-corrected chi connectivity index (χ0v) is 26.9. The van der Waals surface area contributed by atoms with E-state index in [4.69, 9.17) is 4.74 Å². The van der Waals surface area contributed by atoms with Crippen molar-refractivity contribution in [3.05, 3.63) is 107 Å². The van der Waals surface area contributed by atoms with Gasteiger partial charge in [0.15, 0.2) is 0 Å². The van der Waals surface area contributed by atoms with Crippen molar-refractivity contribution >= 4 is 40.1 Å². The summed E-state index contributed by atoms with van der Waals surface area (Å²) in [6.45, 7) is 11.6. The maximum absolute atomic E-state index is 14.1. The lowest BCUT2D eigenvalue weighted by atomic mass is 9.81. The second kappa shape index (κ2) is 12.8. The molecule has 9 nitrogen and oxygen atoms in total. The molecule has 238 valence electrons. The van der Waals surface area contributed by atoms with Crippen molar-refractivity contribution in [3.63, 3.8) is 0 Å². The fourth-order valence-electron chi connectivity index (χ4n) is 6.44. The molecule has 1 saturated heterocycles. The van der Waals surface area contributed by atoms with Gasteiger partial charge in [-0.1, -0.05) is 62.4 Å². The Morgan fingerprint density at radius 3 is 2.37 bits per heavy atom. The quantitative estimate of drug-likeness (QED) is 0.249. The number of fused-ring (bicyclic) bond motifs is 3. The molecule has 4 aromatic rings. The first-order chi connectivity index (χ1) is 22.1. The minimum absolute atomic E-state index is 0.0947. The lowest BCUT2D eigenvalue weighted by molar-refractivity contribution is -0.140. The molecular weight excluding hydrogens is 578 g/mol. The van der Waals surface area contributed by atoms with Gasteiger partial charge in [-0.05, 0) is 55.3 Å². The number of rotatable bonds is 6. The highest BCUT2D eigenvalue weighted by molar-refractivity contribution is 6.18. The van der Waals surface area contributed by atoms with Gasteiger partial charge in [-0.25, -0.2) is 9.59 Å². The van der Waals surface area contributed by atoms with Crippen LogP contribution < -0.4 is 5.32 Å². The van der Waals surface area contributed by atoms with Gasteiger partial charge in [-0.15, -0.1) is 0 Å². The Hall–Kier alpha value is -4.89. The summed E-state index contributed by atoms with van der Waals surface area (Å²) >= 11 is 0. The molecule has 9 heteroatoms. The molecule has 1 aromatic heterocycles. The van der Waals surface area contributed by atoms with Crippen LogP contribution in [-0.2, 0) is 21.5 Å². The molecule has 0 radical (unpaired) electrons. The minimum atomic E-state index is -0.469. The number of amides is 3. The van der Waals surface area contributed by atoms with Crippen LogP contribution in [0.2, 0.25) is 0 Å². The number of hydrogen-bond acceptors (Lipinski definition) is 5. The van der Waals surface area contributed by atoms with Gasteiger partial charge in [0, 0.05) is 73.0 Å². The van der Waals surface area contributed by atoms with Crippen LogP contribution >= 0.6 is 0 Å². The van der Waals surface area contributed by atoms with Crippen LogP contribution in [0.1, 0.15) is 54.9 Å². The summed E-state index contributed by atoms with van der Waals surface area (Å²) in [6.07, 6.45) is 1.35. The summed E-state index contributed by atoms with van der Waals surface area (Å²) in [5.74, 6) is -0.648. The van der Waals surface area contributed by atoms with E-state index in [2.05, 4.69) is 29.0 Å². The maximum atomic E-state index is 14.1. The first-order valence-corrected chi connectivity index (χ1v) is 15.9. The minimum Gasteiger partial charge on any atom is -0.459 e. The number of ether oxygens (including phenoxy) is 1. The third-order valence-electron chi connectivity index (χ3n) is 8.59. The van der Waals surface area contributed by atoms with Gasteiger partial charge in [0.25, 0.3) is 5.91 Å².